The number of rotatable bonds is 3. The van der Waals surface area contributed by atoms with Gasteiger partial charge in [0.1, 0.15) is 0 Å². The van der Waals surface area contributed by atoms with E-state index in [-0.39, 0.29) is 11.6 Å². The van der Waals surface area contributed by atoms with Gasteiger partial charge in [-0.2, -0.15) is 5.26 Å². The first kappa shape index (κ1) is 14.8. The Labute approximate surface area is 109 Å². The highest BCUT2D eigenvalue weighted by Crippen LogP contribution is 2.24. The summed E-state index contributed by atoms with van der Waals surface area (Å²) in [5, 5.41) is 17.9. The molecule has 0 aromatic carbocycles. The number of nitriles is 1. The molecule has 0 spiro atoms. The first-order valence-electron chi connectivity index (χ1n) is 6.48. The predicted molar refractivity (Wildman–Crippen MR) is 69.3 cm³/mol. The second kappa shape index (κ2) is 6.05. The van der Waals surface area contributed by atoms with Crippen LogP contribution in [0, 0.1) is 11.3 Å². The molecule has 1 saturated heterocycles. The van der Waals surface area contributed by atoms with Gasteiger partial charge in [-0.1, -0.05) is 0 Å². The summed E-state index contributed by atoms with van der Waals surface area (Å²) < 4.78 is 0. The summed E-state index contributed by atoms with van der Waals surface area (Å²) >= 11 is 0. The van der Waals surface area contributed by atoms with Crippen LogP contribution >= 0.6 is 0 Å². The number of hydrogen-bond acceptors (Lipinski definition) is 3. The minimum absolute atomic E-state index is 0.0980. The molecule has 0 radical (unpaired) electrons. The van der Waals surface area contributed by atoms with E-state index in [1.54, 1.807) is 4.90 Å². The number of likely N-dealkylation sites (tertiary alicyclic amines) is 1. The molecule has 1 aliphatic heterocycles. The summed E-state index contributed by atoms with van der Waals surface area (Å²) in [4.78, 5) is 15.2. The second-order valence-corrected chi connectivity index (χ2v) is 5.80. The van der Waals surface area contributed by atoms with Crippen LogP contribution in [-0.2, 0) is 0 Å². The number of carbonyl (C=O) groups is 1. The number of hydrogen-bond donors (Lipinski definition) is 1. The van der Waals surface area contributed by atoms with E-state index in [1.165, 1.54) is 0 Å². The smallest absolute Gasteiger partial charge is 0.407 e. The molecule has 0 aromatic rings. The molecule has 0 unspecified atom stereocenters. The zero-order valence-electron chi connectivity index (χ0n) is 11.5. The predicted octanol–water partition coefficient (Wildman–Crippen LogP) is 2.14. The average Bonchev–Trinajstić information content (AvgIpc) is 2.25. The largest absolute Gasteiger partial charge is 0.465 e. The molecule has 5 heteroatoms. The molecule has 0 saturated carbocycles. The SMILES string of the molecule is CC(C)(C)N(C(=O)O)C1CCN(CCC#N)CC1. The first-order valence-corrected chi connectivity index (χ1v) is 6.48. The van der Waals surface area contributed by atoms with Crippen molar-refractivity contribution in [1.29, 1.82) is 5.26 Å². The van der Waals surface area contributed by atoms with Gasteiger partial charge in [-0.25, -0.2) is 4.79 Å². The summed E-state index contributed by atoms with van der Waals surface area (Å²) in [6.45, 7) is 8.36. The van der Waals surface area contributed by atoms with Crippen LogP contribution in [0.25, 0.3) is 0 Å². The molecular weight excluding hydrogens is 230 g/mol. The van der Waals surface area contributed by atoms with Crippen molar-refractivity contribution >= 4 is 6.09 Å². The van der Waals surface area contributed by atoms with Gasteiger partial charge in [-0.3, -0.25) is 0 Å². The number of piperidine rings is 1. The molecule has 18 heavy (non-hydrogen) atoms. The number of carboxylic acid groups (broad SMARTS) is 1. The van der Waals surface area contributed by atoms with E-state index in [0.717, 1.165) is 32.5 Å². The van der Waals surface area contributed by atoms with Crippen LogP contribution in [0.15, 0.2) is 0 Å². The second-order valence-electron chi connectivity index (χ2n) is 5.80. The Kier molecular flexibility index (Phi) is 4.97. The molecular formula is C13H23N3O2. The zero-order valence-corrected chi connectivity index (χ0v) is 11.5. The Hall–Kier alpha value is -1.28. The van der Waals surface area contributed by atoms with Gasteiger partial charge >= 0.3 is 6.09 Å². The van der Waals surface area contributed by atoms with Gasteiger partial charge in [-0.15, -0.1) is 0 Å². The maximum absolute atomic E-state index is 11.4. The van der Waals surface area contributed by atoms with E-state index < -0.39 is 6.09 Å². The van der Waals surface area contributed by atoms with Crippen molar-refractivity contribution in [3.8, 4) is 6.07 Å². The standard InChI is InChI=1S/C13H23N3O2/c1-13(2,3)16(12(17)18)11-5-9-15(10-6-11)8-4-7-14/h11H,4-6,8-10H2,1-3H3,(H,17,18). The fourth-order valence-electron chi connectivity index (χ4n) is 2.60. The van der Waals surface area contributed by atoms with Crippen molar-refractivity contribution < 1.29 is 9.90 Å². The molecule has 1 fully saturated rings. The van der Waals surface area contributed by atoms with Crippen LogP contribution in [0.4, 0.5) is 4.79 Å². The molecule has 0 aromatic heterocycles. The molecule has 1 rings (SSSR count). The van der Waals surface area contributed by atoms with E-state index in [2.05, 4.69) is 11.0 Å². The van der Waals surface area contributed by atoms with Gasteiger partial charge in [0.05, 0.1) is 6.07 Å². The molecule has 1 aliphatic rings. The lowest BCUT2D eigenvalue weighted by atomic mass is 9.97. The van der Waals surface area contributed by atoms with Gasteiger partial charge in [0.15, 0.2) is 0 Å². The van der Waals surface area contributed by atoms with Crippen molar-refractivity contribution in [3.05, 3.63) is 0 Å². The van der Waals surface area contributed by atoms with Crippen LogP contribution in [0.1, 0.15) is 40.0 Å². The molecule has 5 nitrogen and oxygen atoms in total. The molecule has 0 aliphatic carbocycles. The summed E-state index contributed by atoms with van der Waals surface area (Å²) in [5.74, 6) is 0. The lowest BCUT2D eigenvalue weighted by Crippen LogP contribution is -2.54. The highest BCUT2D eigenvalue weighted by Gasteiger charge is 2.34. The van der Waals surface area contributed by atoms with Gasteiger partial charge in [0, 0.05) is 37.6 Å². The third kappa shape index (κ3) is 3.88. The molecule has 1 heterocycles. The fraction of sp³-hybridized carbons (Fsp3) is 0.846. The number of nitrogens with zero attached hydrogens (tertiary/aromatic N) is 3. The van der Waals surface area contributed by atoms with E-state index in [1.807, 2.05) is 20.8 Å². The maximum Gasteiger partial charge on any atom is 0.407 e. The van der Waals surface area contributed by atoms with Crippen molar-refractivity contribution in [2.45, 2.75) is 51.6 Å². The summed E-state index contributed by atoms with van der Waals surface area (Å²) in [6.07, 6.45) is 1.43. The molecule has 1 N–H and O–H groups in total. The zero-order chi connectivity index (χ0) is 13.8. The lowest BCUT2D eigenvalue weighted by Gasteiger charge is -2.43. The van der Waals surface area contributed by atoms with Crippen molar-refractivity contribution in [3.63, 3.8) is 0 Å². The Morgan fingerprint density at radius 2 is 2.00 bits per heavy atom. The van der Waals surface area contributed by atoms with Gasteiger partial charge in [0.25, 0.3) is 0 Å². The van der Waals surface area contributed by atoms with Gasteiger partial charge in [0.2, 0.25) is 0 Å². The van der Waals surface area contributed by atoms with Crippen molar-refractivity contribution in [1.82, 2.24) is 9.80 Å². The minimum Gasteiger partial charge on any atom is -0.465 e. The third-order valence-electron chi connectivity index (χ3n) is 3.39. The quantitative estimate of drug-likeness (QED) is 0.836. The van der Waals surface area contributed by atoms with Crippen molar-refractivity contribution in [2.75, 3.05) is 19.6 Å². The van der Waals surface area contributed by atoms with Crippen molar-refractivity contribution in [2.24, 2.45) is 0 Å². The monoisotopic (exact) mass is 253 g/mol. The fourth-order valence-corrected chi connectivity index (χ4v) is 2.60. The van der Waals surface area contributed by atoms with Gasteiger partial charge < -0.3 is 14.9 Å². The molecule has 102 valence electrons. The average molecular weight is 253 g/mol. The minimum atomic E-state index is -0.835. The highest BCUT2D eigenvalue weighted by atomic mass is 16.4. The van der Waals surface area contributed by atoms with E-state index >= 15 is 0 Å². The summed E-state index contributed by atoms with van der Waals surface area (Å²) in [6, 6.07) is 2.24. The first-order chi connectivity index (χ1) is 8.36. The Balaban J connectivity index is 2.55. The molecule has 1 amide bonds. The van der Waals surface area contributed by atoms with Gasteiger partial charge in [-0.05, 0) is 33.6 Å². The summed E-state index contributed by atoms with van der Waals surface area (Å²) in [5.41, 5.74) is -0.356. The summed E-state index contributed by atoms with van der Waals surface area (Å²) in [7, 11) is 0. The van der Waals surface area contributed by atoms with Crippen LogP contribution < -0.4 is 0 Å². The lowest BCUT2D eigenvalue weighted by molar-refractivity contribution is 0.0426. The Bertz CT molecular complexity index is 322. The van der Waals surface area contributed by atoms with E-state index in [4.69, 9.17) is 5.26 Å². The Morgan fingerprint density at radius 3 is 2.39 bits per heavy atom. The Morgan fingerprint density at radius 1 is 1.44 bits per heavy atom. The third-order valence-corrected chi connectivity index (χ3v) is 3.39. The van der Waals surface area contributed by atoms with E-state index in [0.29, 0.717) is 6.42 Å². The maximum atomic E-state index is 11.4. The molecule has 0 atom stereocenters. The van der Waals surface area contributed by atoms with Crippen LogP contribution in [0.5, 0.6) is 0 Å². The normalized spacial score (nSPS) is 18.3. The number of amides is 1. The van der Waals surface area contributed by atoms with Crippen LogP contribution in [0.3, 0.4) is 0 Å². The van der Waals surface area contributed by atoms with E-state index in [9.17, 15) is 9.90 Å². The van der Waals surface area contributed by atoms with Crippen LogP contribution in [0.2, 0.25) is 0 Å². The highest BCUT2D eigenvalue weighted by molar-refractivity contribution is 5.66. The van der Waals surface area contributed by atoms with Crippen LogP contribution in [-0.4, -0.2) is 52.2 Å². The topological polar surface area (TPSA) is 67.6 Å². The molecule has 0 bridgehead atoms.